The summed E-state index contributed by atoms with van der Waals surface area (Å²) in [4.78, 5) is 21.6. The third-order valence-electron chi connectivity index (χ3n) is 2.05. The van der Waals surface area contributed by atoms with Crippen molar-refractivity contribution >= 4 is 11.9 Å². The maximum absolute atomic E-state index is 10.8. The molecule has 6 nitrogen and oxygen atoms in total. The SMILES string of the molecule is CC(C)(Cn1cc(C(N)=O)cn1)C(=O)O. The molecule has 1 rings (SSSR count). The van der Waals surface area contributed by atoms with E-state index in [1.165, 1.54) is 17.1 Å². The summed E-state index contributed by atoms with van der Waals surface area (Å²) >= 11 is 0. The summed E-state index contributed by atoms with van der Waals surface area (Å²) in [5.41, 5.74) is 4.39. The first-order chi connectivity index (χ1) is 6.83. The second-order valence-electron chi connectivity index (χ2n) is 3.98. The quantitative estimate of drug-likeness (QED) is 0.737. The van der Waals surface area contributed by atoms with Crippen LogP contribution in [0.25, 0.3) is 0 Å². The summed E-state index contributed by atoms with van der Waals surface area (Å²) < 4.78 is 1.40. The van der Waals surface area contributed by atoms with Gasteiger partial charge in [-0.1, -0.05) is 0 Å². The van der Waals surface area contributed by atoms with Crippen LogP contribution >= 0.6 is 0 Å². The summed E-state index contributed by atoms with van der Waals surface area (Å²) in [7, 11) is 0. The molecule has 1 aromatic rings. The van der Waals surface area contributed by atoms with Gasteiger partial charge in [0, 0.05) is 6.20 Å². The monoisotopic (exact) mass is 211 g/mol. The number of hydrogen-bond donors (Lipinski definition) is 2. The molecule has 0 fully saturated rings. The number of aromatic nitrogens is 2. The first kappa shape index (κ1) is 11.2. The zero-order valence-corrected chi connectivity index (χ0v) is 8.60. The minimum absolute atomic E-state index is 0.190. The van der Waals surface area contributed by atoms with Gasteiger partial charge in [0.15, 0.2) is 0 Å². The number of primary amides is 1. The molecule has 0 unspecified atom stereocenters. The Bertz CT molecular complexity index is 395. The van der Waals surface area contributed by atoms with E-state index < -0.39 is 17.3 Å². The summed E-state index contributed by atoms with van der Waals surface area (Å²) in [6.45, 7) is 3.36. The van der Waals surface area contributed by atoms with Gasteiger partial charge < -0.3 is 10.8 Å². The predicted molar refractivity (Wildman–Crippen MR) is 52.2 cm³/mol. The van der Waals surface area contributed by atoms with Gasteiger partial charge in [-0.3, -0.25) is 14.3 Å². The highest BCUT2D eigenvalue weighted by Crippen LogP contribution is 2.17. The van der Waals surface area contributed by atoms with Gasteiger partial charge >= 0.3 is 5.97 Å². The van der Waals surface area contributed by atoms with E-state index in [0.29, 0.717) is 0 Å². The molecule has 0 aliphatic carbocycles. The van der Waals surface area contributed by atoms with E-state index in [-0.39, 0.29) is 12.1 Å². The van der Waals surface area contributed by atoms with E-state index in [0.717, 1.165) is 0 Å². The number of amides is 1. The third-order valence-corrected chi connectivity index (χ3v) is 2.05. The maximum Gasteiger partial charge on any atom is 0.310 e. The fraction of sp³-hybridized carbons (Fsp3) is 0.444. The zero-order chi connectivity index (χ0) is 11.6. The van der Waals surface area contributed by atoms with Crippen LogP contribution in [-0.4, -0.2) is 26.8 Å². The van der Waals surface area contributed by atoms with Gasteiger partial charge in [-0.15, -0.1) is 0 Å². The molecule has 0 spiro atoms. The molecule has 0 bridgehead atoms. The van der Waals surface area contributed by atoms with Crippen molar-refractivity contribution in [2.45, 2.75) is 20.4 Å². The Morgan fingerprint density at radius 1 is 1.60 bits per heavy atom. The molecule has 1 amide bonds. The fourth-order valence-electron chi connectivity index (χ4n) is 1.05. The van der Waals surface area contributed by atoms with Crippen LogP contribution in [0.2, 0.25) is 0 Å². The van der Waals surface area contributed by atoms with Crippen LogP contribution in [0.4, 0.5) is 0 Å². The van der Waals surface area contributed by atoms with E-state index in [2.05, 4.69) is 5.10 Å². The summed E-state index contributed by atoms with van der Waals surface area (Å²) in [6.07, 6.45) is 2.76. The Morgan fingerprint density at radius 3 is 2.60 bits per heavy atom. The number of hydrogen-bond acceptors (Lipinski definition) is 3. The van der Waals surface area contributed by atoms with Crippen LogP contribution in [0.3, 0.4) is 0 Å². The molecule has 1 aromatic heterocycles. The smallest absolute Gasteiger partial charge is 0.310 e. The molecule has 1 heterocycles. The first-order valence-corrected chi connectivity index (χ1v) is 4.38. The minimum atomic E-state index is -0.930. The molecular formula is C9H13N3O3. The molecule has 0 aliphatic rings. The molecule has 0 aliphatic heterocycles. The predicted octanol–water partition coefficient (Wildman–Crippen LogP) is 0.0928. The number of carboxylic acid groups (broad SMARTS) is 1. The van der Waals surface area contributed by atoms with E-state index in [4.69, 9.17) is 10.8 Å². The minimum Gasteiger partial charge on any atom is -0.481 e. The van der Waals surface area contributed by atoms with Gasteiger partial charge in [0.1, 0.15) is 0 Å². The molecule has 6 heteroatoms. The Morgan fingerprint density at radius 2 is 2.20 bits per heavy atom. The van der Waals surface area contributed by atoms with Crippen molar-refractivity contribution in [2.24, 2.45) is 11.1 Å². The van der Waals surface area contributed by atoms with Gasteiger partial charge in [-0.25, -0.2) is 0 Å². The van der Waals surface area contributed by atoms with Crippen LogP contribution in [-0.2, 0) is 11.3 Å². The molecule has 3 N–H and O–H groups in total. The van der Waals surface area contributed by atoms with E-state index >= 15 is 0 Å². The van der Waals surface area contributed by atoms with Crippen molar-refractivity contribution in [3.8, 4) is 0 Å². The van der Waals surface area contributed by atoms with Crippen molar-refractivity contribution in [3.63, 3.8) is 0 Å². The zero-order valence-electron chi connectivity index (χ0n) is 8.60. The van der Waals surface area contributed by atoms with Crippen LogP contribution in [0.5, 0.6) is 0 Å². The largest absolute Gasteiger partial charge is 0.481 e. The molecule has 0 aromatic carbocycles. The number of carbonyl (C=O) groups is 2. The Kier molecular flexibility index (Phi) is 2.78. The number of nitrogens with zero attached hydrogens (tertiary/aromatic N) is 2. The summed E-state index contributed by atoms with van der Waals surface area (Å²) in [5, 5.41) is 12.7. The fourth-order valence-corrected chi connectivity index (χ4v) is 1.05. The summed E-state index contributed by atoms with van der Waals surface area (Å²) in [5.74, 6) is -1.49. The maximum atomic E-state index is 10.8. The van der Waals surface area contributed by atoms with Crippen molar-refractivity contribution in [1.29, 1.82) is 0 Å². The lowest BCUT2D eigenvalue weighted by Gasteiger charge is -2.18. The highest BCUT2D eigenvalue weighted by Gasteiger charge is 2.28. The normalized spacial score (nSPS) is 11.3. The second kappa shape index (κ2) is 3.72. The Hall–Kier alpha value is -1.85. The molecule has 0 saturated heterocycles. The highest BCUT2D eigenvalue weighted by molar-refractivity contribution is 5.92. The van der Waals surface area contributed by atoms with Crippen molar-refractivity contribution in [1.82, 2.24) is 9.78 Å². The van der Waals surface area contributed by atoms with Crippen molar-refractivity contribution in [3.05, 3.63) is 18.0 Å². The average molecular weight is 211 g/mol. The Labute approximate surface area is 86.7 Å². The average Bonchev–Trinajstić information content (AvgIpc) is 2.51. The molecule has 82 valence electrons. The lowest BCUT2D eigenvalue weighted by molar-refractivity contribution is -0.147. The number of carbonyl (C=O) groups excluding carboxylic acids is 1. The van der Waals surface area contributed by atoms with Gasteiger partial charge in [0.2, 0.25) is 0 Å². The highest BCUT2D eigenvalue weighted by atomic mass is 16.4. The number of nitrogens with two attached hydrogens (primary N) is 1. The number of rotatable bonds is 4. The van der Waals surface area contributed by atoms with E-state index in [9.17, 15) is 9.59 Å². The van der Waals surface area contributed by atoms with Gasteiger partial charge in [-0.2, -0.15) is 5.10 Å². The standard InChI is InChI=1S/C9H13N3O3/c1-9(2,8(14)15)5-12-4-6(3-11-12)7(10)13/h3-4H,5H2,1-2H3,(H2,10,13)(H,14,15). The van der Waals surface area contributed by atoms with E-state index in [1.54, 1.807) is 13.8 Å². The van der Waals surface area contributed by atoms with Gasteiger partial charge in [0.05, 0.1) is 23.7 Å². The number of carboxylic acids is 1. The molecule has 15 heavy (non-hydrogen) atoms. The molecule has 0 radical (unpaired) electrons. The second-order valence-corrected chi connectivity index (χ2v) is 3.98. The van der Waals surface area contributed by atoms with Crippen molar-refractivity contribution in [2.75, 3.05) is 0 Å². The molecular weight excluding hydrogens is 198 g/mol. The van der Waals surface area contributed by atoms with Crippen LogP contribution in [0, 0.1) is 5.41 Å². The van der Waals surface area contributed by atoms with Crippen molar-refractivity contribution < 1.29 is 14.7 Å². The summed E-state index contributed by atoms with van der Waals surface area (Å²) in [6, 6.07) is 0. The third kappa shape index (κ3) is 2.55. The van der Waals surface area contributed by atoms with Crippen LogP contribution in [0.1, 0.15) is 24.2 Å². The van der Waals surface area contributed by atoms with Crippen LogP contribution in [0.15, 0.2) is 12.4 Å². The van der Waals surface area contributed by atoms with E-state index in [1.807, 2.05) is 0 Å². The topological polar surface area (TPSA) is 98.2 Å². The number of aliphatic carboxylic acids is 1. The first-order valence-electron chi connectivity index (χ1n) is 4.38. The lowest BCUT2D eigenvalue weighted by atomic mass is 9.94. The van der Waals surface area contributed by atoms with Gasteiger partial charge in [0.25, 0.3) is 5.91 Å². The van der Waals surface area contributed by atoms with Gasteiger partial charge in [-0.05, 0) is 13.8 Å². The lowest BCUT2D eigenvalue weighted by Crippen LogP contribution is -2.29. The van der Waals surface area contributed by atoms with Crippen LogP contribution < -0.4 is 5.73 Å². The Balaban J connectivity index is 2.82. The molecule has 0 saturated carbocycles. The molecule has 0 atom stereocenters.